The number of halogens is 1. The maximum Gasteiger partial charge on any atom is 0.266 e. The van der Waals surface area contributed by atoms with Crippen LogP contribution in [0.25, 0.3) is 11.3 Å². The minimum atomic E-state index is -0.183. The summed E-state index contributed by atoms with van der Waals surface area (Å²) in [7, 11) is 0. The van der Waals surface area contributed by atoms with Crippen molar-refractivity contribution in [2.24, 2.45) is 0 Å². The average molecular weight is 392 g/mol. The van der Waals surface area contributed by atoms with Crippen LogP contribution >= 0.6 is 23.4 Å². The van der Waals surface area contributed by atoms with E-state index in [0.29, 0.717) is 34.8 Å². The molecule has 1 aromatic heterocycles. The summed E-state index contributed by atoms with van der Waals surface area (Å²) in [6.45, 7) is 0.737. The fourth-order valence-corrected chi connectivity index (χ4v) is 4.27. The van der Waals surface area contributed by atoms with Crippen LogP contribution < -0.4 is 10.9 Å². The van der Waals surface area contributed by atoms with Gasteiger partial charge in [-0.05, 0) is 31.0 Å². The SMILES string of the molecule is O=C(CSC1CCCC1)NCCn1nc(-c2ccc(Cl)cc2)ccc1=O. The van der Waals surface area contributed by atoms with Crippen LogP contribution in [0.4, 0.5) is 0 Å². The van der Waals surface area contributed by atoms with Gasteiger partial charge < -0.3 is 5.32 Å². The number of carbonyl (C=O) groups is 1. The zero-order chi connectivity index (χ0) is 18.4. The van der Waals surface area contributed by atoms with Gasteiger partial charge in [0.05, 0.1) is 18.0 Å². The second-order valence-corrected chi connectivity index (χ2v) is 8.08. The first-order valence-corrected chi connectivity index (χ1v) is 10.3. The normalized spacial score (nSPS) is 14.5. The predicted molar refractivity (Wildman–Crippen MR) is 107 cm³/mol. The number of amides is 1. The van der Waals surface area contributed by atoms with E-state index in [-0.39, 0.29) is 11.5 Å². The van der Waals surface area contributed by atoms with Crippen molar-refractivity contribution < 1.29 is 4.79 Å². The molecule has 1 aliphatic carbocycles. The van der Waals surface area contributed by atoms with Crippen molar-refractivity contribution in [3.05, 3.63) is 51.8 Å². The van der Waals surface area contributed by atoms with Gasteiger partial charge in [-0.3, -0.25) is 9.59 Å². The first-order valence-electron chi connectivity index (χ1n) is 8.84. The predicted octanol–water partition coefficient (Wildman–Crippen LogP) is 3.36. The lowest BCUT2D eigenvalue weighted by atomic mass is 10.1. The smallest absolute Gasteiger partial charge is 0.266 e. The molecule has 0 unspecified atom stereocenters. The van der Waals surface area contributed by atoms with Crippen LogP contribution in [-0.2, 0) is 11.3 Å². The summed E-state index contributed by atoms with van der Waals surface area (Å²) in [5.74, 6) is 0.501. The standard InChI is InChI=1S/C19H22ClN3O2S/c20-15-7-5-14(6-8-15)17-9-10-19(25)23(22-17)12-11-21-18(24)13-26-16-3-1-2-4-16/h5-10,16H,1-4,11-13H2,(H,21,24). The molecule has 0 bridgehead atoms. The van der Waals surface area contributed by atoms with E-state index in [1.54, 1.807) is 30.0 Å². The van der Waals surface area contributed by atoms with E-state index in [0.717, 1.165) is 5.56 Å². The van der Waals surface area contributed by atoms with Crippen molar-refractivity contribution in [2.75, 3.05) is 12.3 Å². The highest BCUT2D eigenvalue weighted by molar-refractivity contribution is 8.00. The zero-order valence-electron chi connectivity index (χ0n) is 14.5. The molecule has 1 heterocycles. The molecule has 1 amide bonds. The molecular weight excluding hydrogens is 370 g/mol. The van der Waals surface area contributed by atoms with Crippen molar-refractivity contribution in [2.45, 2.75) is 37.5 Å². The Kier molecular flexibility index (Phi) is 6.74. The van der Waals surface area contributed by atoms with Crippen LogP contribution in [0, 0.1) is 0 Å². The summed E-state index contributed by atoms with van der Waals surface area (Å²) in [6.07, 6.45) is 4.99. The third kappa shape index (κ3) is 5.35. The highest BCUT2D eigenvalue weighted by Crippen LogP contribution is 2.29. The summed E-state index contributed by atoms with van der Waals surface area (Å²) in [4.78, 5) is 23.9. The zero-order valence-corrected chi connectivity index (χ0v) is 16.1. The monoisotopic (exact) mass is 391 g/mol. The molecule has 5 nitrogen and oxygen atoms in total. The van der Waals surface area contributed by atoms with Crippen LogP contribution in [0.2, 0.25) is 5.02 Å². The average Bonchev–Trinajstić information content (AvgIpc) is 3.16. The molecule has 1 saturated carbocycles. The first-order chi connectivity index (χ1) is 12.6. The number of aromatic nitrogens is 2. The van der Waals surface area contributed by atoms with Gasteiger partial charge in [-0.1, -0.05) is 36.6 Å². The molecule has 7 heteroatoms. The maximum atomic E-state index is 12.0. The number of carbonyl (C=O) groups excluding carboxylic acids is 1. The van der Waals surface area contributed by atoms with Gasteiger partial charge in [0, 0.05) is 28.4 Å². The molecular formula is C19H22ClN3O2S. The number of rotatable bonds is 7. The molecule has 1 aromatic carbocycles. The lowest BCUT2D eigenvalue weighted by Gasteiger charge is -2.10. The van der Waals surface area contributed by atoms with Crippen molar-refractivity contribution >= 4 is 29.3 Å². The second-order valence-electron chi connectivity index (χ2n) is 6.35. The maximum absolute atomic E-state index is 12.0. The van der Waals surface area contributed by atoms with Gasteiger partial charge >= 0.3 is 0 Å². The minimum absolute atomic E-state index is 0.0174. The molecule has 1 N–H and O–H groups in total. The van der Waals surface area contributed by atoms with Crippen molar-refractivity contribution in [3.8, 4) is 11.3 Å². The Morgan fingerprint density at radius 2 is 1.92 bits per heavy atom. The summed E-state index contributed by atoms with van der Waals surface area (Å²) < 4.78 is 1.38. The Balaban J connectivity index is 1.52. The lowest BCUT2D eigenvalue weighted by Crippen LogP contribution is -2.33. The number of benzene rings is 1. The third-order valence-corrected chi connectivity index (χ3v) is 6.03. The Bertz CT molecular complexity index is 801. The molecule has 138 valence electrons. The largest absolute Gasteiger partial charge is 0.354 e. The minimum Gasteiger partial charge on any atom is -0.354 e. The third-order valence-electron chi connectivity index (χ3n) is 4.40. The van der Waals surface area contributed by atoms with Gasteiger partial charge in [0.1, 0.15) is 0 Å². The van der Waals surface area contributed by atoms with Crippen LogP contribution in [0.1, 0.15) is 25.7 Å². The highest BCUT2D eigenvalue weighted by atomic mass is 35.5. The highest BCUT2D eigenvalue weighted by Gasteiger charge is 2.16. The van der Waals surface area contributed by atoms with E-state index in [9.17, 15) is 9.59 Å². The van der Waals surface area contributed by atoms with Crippen LogP contribution in [-0.4, -0.2) is 33.2 Å². The van der Waals surface area contributed by atoms with Crippen LogP contribution in [0.3, 0.4) is 0 Å². The quantitative estimate of drug-likeness (QED) is 0.786. The Morgan fingerprint density at radius 1 is 1.19 bits per heavy atom. The Labute approximate surface area is 162 Å². The number of nitrogens with one attached hydrogen (secondary N) is 1. The summed E-state index contributed by atoms with van der Waals surface area (Å²) >= 11 is 7.64. The van der Waals surface area contributed by atoms with Crippen molar-refractivity contribution in [1.29, 1.82) is 0 Å². The van der Waals surface area contributed by atoms with E-state index in [1.807, 2.05) is 12.1 Å². The number of hydrogen-bond donors (Lipinski definition) is 1. The van der Waals surface area contributed by atoms with E-state index >= 15 is 0 Å². The van der Waals surface area contributed by atoms with Gasteiger partial charge in [-0.25, -0.2) is 4.68 Å². The van der Waals surface area contributed by atoms with Crippen molar-refractivity contribution in [3.63, 3.8) is 0 Å². The molecule has 0 aliphatic heterocycles. The molecule has 0 saturated heterocycles. The fourth-order valence-electron chi connectivity index (χ4n) is 2.98. The van der Waals surface area contributed by atoms with E-state index < -0.39 is 0 Å². The van der Waals surface area contributed by atoms with E-state index in [4.69, 9.17) is 11.6 Å². The van der Waals surface area contributed by atoms with Crippen LogP contribution in [0.5, 0.6) is 0 Å². The number of nitrogens with zero attached hydrogens (tertiary/aromatic N) is 2. The summed E-state index contributed by atoms with van der Waals surface area (Å²) in [6, 6.07) is 10.5. The molecule has 1 fully saturated rings. The molecule has 0 spiro atoms. The van der Waals surface area contributed by atoms with Crippen LogP contribution in [0.15, 0.2) is 41.2 Å². The number of thioether (sulfide) groups is 1. The Morgan fingerprint density at radius 3 is 2.65 bits per heavy atom. The van der Waals surface area contributed by atoms with Gasteiger partial charge in [0.25, 0.3) is 5.56 Å². The van der Waals surface area contributed by atoms with Gasteiger partial charge in [-0.2, -0.15) is 5.10 Å². The molecule has 1 aliphatic rings. The molecule has 26 heavy (non-hydrogen) atoms. The summed E-state index contributed by atoms with van der Waals surface area (Å²) in [5, 5.41) is 8.53. The number of hydrogen-bond acceptors (Lipinski definition) is 4. The molecule has 2 aromatic rings. The molecule has 0 radical (unpaired) electrons. The fraction of sp³-hybridized carbons (Fsp3) is 0.421. The van der Waals surface area contributed by atoms with Gasteiger partial charge in [-0.15, -0.1) is 11.8 Å². The Hall–Kier alpha value is -1.79. The molecule has 3 rings (SSSR count). The van der Waals surface area contributed by atoms with E-state index in [2.05, 4.69) is 10.4 Å². The topological polar surface area (TPSA) is 64.0 Å². The van der Waals surface area contributed by atoms with E-state index in [1.165, 1.54) is 36.4 Å². The lowest BCUT2D eigenvalue weighted by molar-refractivity contribution is -0.118. The summed E-state index contributed by atoms with van der Waals surface area (Å²) in [5.41, 5.74) is 1.40. The van der Waals surface area contributed by atoms with Gasteiger partial charge in [0.2, 0.25) is 5.91 Å². The first kappa shape index (κ1) is 19.0. The molecule has 0 atom stereocenters. The van der Waals surface area contributed by atoms with Gasteiger partial charge in [0.15, 0.2) is 0 Å². The van der Waals surface area contributed by atoms with Crippen molar-refractivity contribution in [1.82, 2.24) is 15.1 Å². The second kappa shape index (κ2) is 9.24.